The predicted octanol–water partition coefficient (Wildman–Crippen LogP) is 3.72. The van der Waals surface area contributed by atoms with Crippen molar-refractivity contribution >= 4 is 34.9 Å². The average molecular weight is 468 g/mol. The quantitative estimate of drug-likeness (QED) is 0.368. The molecule has 0 bridgehead atoms. The lowest BCUT2D eigenvalue weighted by Crippen LogP contribution is -2.33. The van der Waals surface area contributed by atoms with Crippen LogP contribution >= 0.6 is 11.3 Å². The number of carbonyl (C=O) groups excluding carboxylic acids is 3. The molecule has 0 unspecified atom stereocenters. The van der Waals surface area contributed by atoms with E-state index in [0.717, 1.165) is 15.4 Å². The topological polar surface area (TPSA) is 98.3 Å². The number of hydrogen-bond donors (Lipinski definition) is 0. The third kappa shape index (κ3) is 4.12. The summed E-state index contributed by atoms with van der Waals surface area (Å²) in [4.78, 5) is 44.6. The Labute approximate surface area is 194 Å². The number of amides is 4. The number of urea groups is 1. The SMILES string of the molecule is CCOc1ccccc1N1C(=O)C(=O)N(Cc2csc(-c3ccc(OC)c(OC)c3)n2)C1=O. The van der Waals surface area contributed by atoms with E-state index >= 15 is 0 Å². The Morgan fingerprint density at radius 3 is 2.42 bits per heavy atom. The van der Waals surface area contributed by atoms with Gasteiger partial charge in [0.2, 0.25) is 0 Å². The van der Waals surface area contributed by atoms with Gasteiger partial charge in [-0.05, 0) is 37.3 Å². The Morgan fingerprint density at radius 1 is 0.939 bits per heavy atom. The normalized spacial score (nSPS) is 13.6. The monoisotopic (exact) mass is 467 g/mol. The highest BCUT2D eigenvalue weighted by Gasteiger charge is 2.46. The maximum Gasteiger partial charge on any atom is 0.339 e. The fraction of sp³-hybridized carbons (Fsp3) is 0.217. The number of rotatable bonds is 8. The van der Waals surface area contributed by atoms with Crippen LogP contribution in [0.15, 0.2) is 47.8 Å². The smallest absolute Gasteiger partial charge is 0.339 e. The molecule has 0 atom stereocenters. The number of nitrogens with zero attached hydrogens (tertiary/aromatic N) is 3. The summed E-state index contributed by atoms with van der Waals surface area (Å²) in [7, 11) is 3.10. The van der Waals surface area contributed by atoms with Crippen molar-refractivity contribution < 1.29 is 28.6 Å². The molecule has 3 aromatic rings. The van der Waals surface area contributed by atoms with Crippen LogP contribution in [-0.2, 0) is 16.1 Å². The first-order valence-corrected chi connectivity index (χ1v) is 10.9. The first kappa shape index (κ1) is 22.3. The van der Waals surface area contributed by atoms with Crippen molar-refractivity contribution in [3.63, 3.8) is 0 Å². The molecule has 0 N–H and O–H groups in total. The molecule has 0 spiro atoms. The zero-order valence-electron chi connectivity index (χ0n) is 18.2. The largest absolute Gasteiger partial charge is 0.493 e. The van der Waals surface area contributed by atoms with E-state index in [9.17, 15) is 14.4 Å². The summed E-state index contributed by atoms with van der Waals surface area (Å²) in [6.07, 6.45) is 0. The van der Waals surface area contributed by atoms with Gasteiger partial charge in [-0.15, -0.1) is 11.3 Å². The molecular weight excluding hydrogens is 446 g/mol. The molecule has 1 aliphatic rings. The molecular formula is C23H21N3O6S. The van der Waals surface area contributed by atoms with E-state index in [1.807, 2.05) is 6.07 Å². The molecule has 1 aromatic heterocycles. The molecule has 2 heterocycles. The maximum atomic E-state index is 13.0. The summed E-state index contributed by atoms with van der Waals surface area (Å²) < 4.78 is 16.1. The Balaban J connectivity index is 1.57. The number of anilines is 1. The minimum absolute atomic E-state index is 0.125. The number of ether oxygens (including phenoxy) is 3. The van der Waals surface area contributed by atoms with Crippen molar-refractivity contribution in [3.05, 3.63) is 53.5 Å². The lowest BCUT2D eigenvalue weighted by Gasteiger charge is -2.17. The Kier molecular flexibility index (Phi) is 6.27. The van der Waals surface area contributed by atoms with Crippen LogP contribution in [0.1, 0.15) is 12.6 Å². The van der Waals surface area contributed by atoms with Crippen LogP contribution in [0.3, 0.4) is 0 Å². The van der Waals surface area contributed by atoms with Gasteiger partial charge in [-0.2, -0.15) is 0 Å². The van der Waals surface area contributed by atoms with Crippen LogP contribution in [0.5, 0.6) is 17.2 Å². The zero-order valence-corrected chi connectivity index (χ0v) is 19.0. The second kappa shape index (κ2) is 9.29. The summed E-state index contributed by atoms with van der Waals surface area (Å²) in [6, 6.07) is 11.3. The fourth-order valence-corrected chi connectivity index (χ4v) is 4.23. The van der Waals surface area contributed by atoms with Crippen molar-refractivity contribution in [1.82, 2.24) is 9.88 Å². The van der Waals surface area contributed by atoms with Crippen LogP contribution in [0.25, 0.3) is 10.6 Å². The van der Waals surface area contributed by atoms with Gasteiger partial charge in [-0.25, -0.2) is 19.6 Å². The molecule has 0 radical (unpaired) electrons. The number of methoxy groups -OCH3 is 2. The minimum Gasteiger partial charge on any atom is -0.493 e. The average Bonchev–Trinajstić information content (AvgIpc) is 3.38. The first-order chi connectivity index (χ1) is 16.0. The third-order valence-electron chi connectivity index (χ3n) is 4.96. The molecule has 10 heteroatoms. The predicted molar refractivity (Wildman–Crippen MR) is 122 cm³/mol. The van der Waals surface area contributed by atoms with Crippen LogP contribution < -0.4 is 19.1 Å². The van der Waals surface area contributed by atoms with E-state index in [4.69, 9.17) is 14.2 Å². The molecule has 4 amide bonds. The molecule has 1 aliphatic heterocycles. The van der Waals surface area contributed by atoms with Gasteiger partial charge in [-0.1, -0.05) is 12.1 Å². The maximum absolute atomic E-state index is 13.0. The van der Waals surface area contributed by atoms with Gasteiger partial charge in [0, 0.05) is 10.9 Å². The number of aromatic nitrogens is 1. The summed E-state index contributed by atoms with van der Waals surface area (Å²) in [5.41, 5.74) is 1.51. The highest BCUT2D eigenvalue weighted by molar-refractivity contribution is 7.13. The molecule has 9 nitrogen and oxygen atoms in total. The van der Waals surface area contributed by atoms with Crippen LogP contribution in [0.4, 0.5) is 10.5 Å². The highest BCUT2D eigenvalue weighted by atomic mass is 32.1. The van der Waals surface area contributed by atoms with Crippen molar-refractivity contribution in [2.24, 2.45) is 0 Å². The molecule has 2 aromatic carbocycles. The number of carbonyl (C=O) groups is 3. The van der Waals surface area contributed by atoms with E-state index in [0.29, 0.717) is 34.6 Å². The minimum atomic E-state index is -0.928. The highest BCUT2D eigenvalue weighted by Crippen LogP contribution is 2.35. The molecule has 1 saturated heterocycles. The Morgan fingerprint density at radius 2 is 1.70 bits per heavy atom. The van der Waals surface area contributed by atoms with Crippen molar-refractivity contribution in [1.29, 1.82) is 0 Å². The van der Waals surface area contributed by atoms with Crippen LogP contribution in [-0.4, -0.2) is 48.6 Å². The number of hydrogen-bond acceptors (Lipinski definition) is 8. The van der Waals surface area contributed by atoms with Crippen LogP contribution in [0.2, 0.25) is 0 Å². The van der Waals surface area contributed by atoms with E-state index in [1.165, 1.54) is 11.3 Å². The lowest BCUT2D eigenvalue weighted by molar-refractivity contribution is -0.139. The molecule has 33 heavy (non-hydrogen) atoms. The fourth-order valence-electron chi connectivity index (χ4n) is 3.42. The lowest BCUT2D eigenvalue weighted by atomic mass is 10.2. The van der Waals surface area contributed by atoms with E-state index < -0.39 is 17.8 Å². The number of benzene rings is 2. The Hall–Kier alpha value is -3.92. The second-order valence-electron chi connectivity index (χ2n) is 6.93. The second-order valence-corrected chi connectivity index (χ2v) is 7.79. The zero-order chi connectivity index (χ0) is 23.5. The molecule has 1 fully saturated rings. The third-order valence-corrected chi connectivity index (χ3v) is 5.90. The van der Waals surface area contributed by atoms with E-state index in [1.54, 1.807) is 62.9 Å². The number of thiazole rings is 1. The summed E-state index contributed by atoms with van der Waals surface area (Å²) >= 11 is 1.35. The standard InChI is InChI=1S/C23H21N3O6S/c1-4-32-17-8-6-5-7-16(17)26-22(28)21(27)25(23(26)29)12-15-13-33-20(24-15)14-9-10-18(30-2)19(11-14)31-3/h5-11,13H,4,12H2,1-3H3. The van der Waals surface area contributed by atoms with Crippen molar-refractivity contribution in [2.45, 2.75) is 13.5 Å². The van der Waals surface area contributed by atoms with Gasteiger partial charge in [0.1, 0.15) is 10.8 Å². The van der Waals surface area contributed by atoms with Gasteiger partial charge in [0.05, 0.1) is 38.8 Å². The van der Waals surface area contributed by atoms with Gasteiger partial charge in [0.25, 0.3) is 0 Å². The number of imide groups is 2. The molecule has 4 rings (SSSR count). The van der Waals surface area contributed by atoms with Gasteiger partial charge in [-0.3, -0.25) is 9.59 Å². The molecule has 0 aliphatic carbocycles. The Bertz CT molecular complexity index is 1220. The van der Waals surface area contributed by atoms with Crippen molar-refractivity contribution in [2.75, 3.05) is 25.7 Å². The van der Waals surface area contributed by atoms with E-state index in [-0.39, 0.29) is 12.2 Å². The molecule has 0 saturated carbocycles. The van der Waals surface area contributed by atoms with Crippen molar-refractivity contribution in [3.8, 4) is 27.8 Å². The summed E-state index contributed by atoms with van der Waals surface area (Å²) in [5.74, 6) is -0.335. The first-order valence-electron chi connectivity index (χ1n) is 10.1. The van der Waals surface area contributed by atoms with Gasteiger partial charge < -0.3 is 14.2 Å². The van der Waals surface area contributed by atoms with Crippen LogP contribution in [0, 0.1) is 0 Å². The number of para-hydroxylation sites is 2. The van der Waals surface area contributed by atoms with Gasteiger partial charge >= 0.3 is 17.8 Å². The molecule has 170 valence electrons. The van der Waals surface area contributed by atoms with E-state index in [2.05, 4.69) is 4.98 Å². The summed E-state index contributed by atoms with van der Waals surface area (Å²) in [5, 5.41) is 2.42. The van der Waals surface area contributed by atoms with Gasteiger partial charge in [0.15, 0.2) is 11.5 Å². The summed E-state index contributed by atoms with van der Waals surface area (Å²) in [6.45, 7) is 2.02.